The van der Waals surface area contributed by atoms with Crippen LogP contribution in [-0.2, 0) is 0 Å². The van der Waals surface area contributed by atoms with Crippen molar-refractivity contribution in [1.29, 1.82) is 5.26 Å². The summed E-state index contributed by atoms with van der Waals surface area (Å²) in [5.41, 5.74) is 7.06. The molecule has 0 saturated heterocycles. The van der Waals surface area contributed by atoms with Crippen LogP contribution in [0.4, 0.5) is 5.13 Å². The molecule has 0 radical (unpaired) electrons. The van der Waals surface area contributed by atoms with Gasteiger partial charge in [0.15, 0.2) is 5.13 Å². The Morgan fingerprint density at radius 3 is 3.08 bits per heavy atom. The normalized spacial score (nSPS) is 9.77. The van der Waals surface area contributed by atoms with Gasteiger partial charge in [0.25, 0.3) is 0 Å². The van der Waals surface area contributed by atoms with Crippen molar-refractivity contribution < 1.29 is 0 Å². The van der Waals surface area contributed by atoms with E-state index in [1.54, 1.807) is 12.4 Å². The van der Waals surface area contributed by atoms with E-state index < -0.39 is 0 Å². The third-order valence-corrected chi connectivity index (χ3v) is 2.41. The van der Waals surface area contributed by atoms with E-state index in [1.807, 2.05) is 6.07 Å². The molecule has 0 aromatic carbocycles. The molecule has 0 saturated carbocycles. The number of nitrogens with two attached hydrogens (primary N) is 1. The second kappa shape index (κ2) is 2.92. The zero-order valence-electron chi connectivity index (χ0n) is 6.61. The van der Waals surface area contributed by atoms with E-state index in [1.165, 1.54) is 11.3 Å². The van der Waals surface area contributed by atoms with Gasteiger partial charge in [0.2, 0.25) is 0 Å². The van der Waals surface area contributed by atoms with E-state index in [-0.39, 0.29) is 0 Å². The number of hydrogen-bond acceptors (Lipinski definition) is 4. The smallest absolute Gasteiger partial charge is 0.181 e. The molecular formula is C8H6N4S. The summed E-state index contributed by atoms with van der Waals surface area (Å²) in [4.78, 5) is 7.53. The molecule has 0 atom stereocenters. The van der Waals surface area contributed by atoms with Gasteiger partial charge >= 0.3 is 0 Å². The summed E-state index contributed by atoms with van der Waals surface area (Å²) in [7, 11) is 0. The molecule has 4 nitrogen and oxygen atoms in total. The van der Waals surface area contributed by atoms with Crippen molar-refractivity contribution in [2.45, 2.75) is 0 Å². The van der Waals surface area contributed by atoms with Crippen LogP contribution in [0.2, 0.25) is 0 Å². The molecule has 2 aromatic heterocycles. The fraction of sp³-hybridized carbons (Fsp3) is 0. The summed E-state index contributed by atoms with van der Waals surface area (Å²) in [5.74, 6) is 0. The predicted molar refractivity (Wildman–Crippen MR) is 51.0 cm³/mol. The number of thiazole rings is 1. The number of hydrogen-bond donors (Lipinski definition) is 2. The molecule has 64 valence electrons. The van der Waals surface area contributed by atoms with Crippen molar-refractivity contribution in [3.63, 3.8) is 0 Å². The lowest BCUT2D eigenvalue weighted by Crippen LogP contribution is -1.82. The first-order chi connectivity index (χ1) is 6.31. The van der Waals surface area contributed by atoms with Crippen molar-refractivity contribution in [1.82, 2.24) is 9.97 Å². The molecule has 13 heavy (non-hydrogen) atoms. The Bertz CT molecular complexity index is 449. The molecule has 0 aliphatic carbocycles. The third kappa shape index (κ3) is 1.27. The van der Waals surface area contributed by atoms with Crippen molar-refractivity contribution >= 4 is 16.5 Å². The molecule has 0 amide bonds. The highest BCUT2D eigenvalue weighted by molar-refractivity contribution is 7.16. The minimum atomic E-state index is 0.424. The van der Waals surface area contributed by atoms with Gasteiger partial charge < -0.3 is 10.7 Å². The fourth-order valence-electron chi connectivity index (χ4n) is 1.08. The van der Waals surface area contributed by atoms with Crippen LogP contribution in [0.1, 0.15) is 4.88 Å². The lowest BCUT2D eigenvalue weighted by molar-refractivity contribution is 1.38. The number of anilines is 1. The molecule has 2 rings (SSSR count). The Morgan fingerprint density at radius 2 is 2.46 bits per heavy atom. The monoisotopic (exact) mass is 190 g/mol. The first-order valence-electron chi connectivity index (χ1n) is 3.61. The number of aromatic nitrogens is 2. The van der Waals surface area contributed by atoms with Gasteiger partial charge in [-0.05, 0) is 6.07 Å². The fourth-order valence-corrected chi connectivity index (χ4v) is 1.73. The van der Waals surface area contributed by atoms with Crippen LogP contribution < -0.4 is 5.73 Å². The first-order valence-corrected chi connectivity index (χ1v) is 4.42. The Hall–Kier alpha value is -1.80. The van der Waals surface area contributed by atoms with Crippen LogP contribution in [0, 0.1) is 11.3 Å². The molecule has 3 N–H and O–H groups in total. The maximum atomic E-state index is 8.79. The summed E-state index contributed by atoms with van der Waals surface area (Å²) in [6, 6.07) is 3.92. The highest BCUT2D eigenvalue weighted by atomic mass is 32.1. The van der Waals surface area contributed by atoms with Gasteiger partial charge in [0, 0.05) is 18.0 Å². The molecule has 0 aliphatic heterocycles. The largest absolute Gasteiger partial charge is 0.375 e. The van der Waals surface area contributed by atoms with E-state index >= 15 is 0 Å². The van der Waals surface area contributed by atoms with Crippen molar-refractivity contribution in [2.75, 3.05) is 5.73 Å². The maximum Gasteiger partial charge on any atom is 0.181 e. The van der Waals surface area contributed by atoms with Gasteiger partial charge in [-0.15, -0.1) is 0 Å². The highest BCUT2D eigenvalue weighted by Gasteiger charge is 2.10. The Morgan fingerprint density at radius 1 is 1.62 bits per heavy atom. The van der Waals surface area contributed by atoms with E-state index in [9.17, 15) is 0 Å². The minimum absolute atomic E-state index is 0.424. The van der Waals surface area contributed by atoms with Crippen LogP contribution in [0.3, 0.4) is 0 Å². The third-order valence-electron chi connectivity index (χ3n) is 1.62. The zero-order valence-corrected chi connectivity index (χ0v) is 7.43. The lowest BCUT2D eigenvalue weighted by atomic mass is 10.2. The van der Waals surface area contributed by atoms with Crippen LogP contribution in [0.5, 0.6) is 0 Å². The van der Waals surface area contributed by atoms with E-state index in [4.69, 9.17) is 11.0 Å². The quantitative estimate of drug-likeness (QED) is 0.716. The van der Waals surface area contributed by atoms with E-state index in [2.05, 4.69) is 16.0 Å². The number of nitrogens with zero attached hydrogens (tertiary/aromatic N) is 2. The average Bonchev–Trinajstić information content (AvgIpc) is 2.71. The van der Waals surface area contributed by atoms with Gasteiger partial charge in [-0.1, -0.05) is 11.3 Å². The molecule has 0 unspecified atom stereocenters. The van der Waals surface area contributed by atoms with Gasteiger partial charge in [0.05, 0.1) is 0 Å². The second-order valence-corrected chi connectivity index (χ2v) is 3.47. The van der Waals surface area contributed by atoms with Crippen molar-refractivity contribution in [3.8, 4) is 17.3 Å². The molecular weight excluding hydrogens is 184 g/mol. The second-order valence-electron chi connectivity index (χ2n) is 2.44. The Balaban J connectivity index is 2.59. The van der Waals surface area contributed by atoms with Crippen molar-refractivity contribution in [3.05, 3.63) is 23.3 Å². The van der Waals surface area contributed by atoms with Gasteiger partial charge in [-0.2, -0.15) is 5.26 Å². The van der Waals surface area contributed by atoms with Gasteiger partial charge in [0.1, 0.15) is 16.6 Å². The standard InChI is InChI=1S/C8H6N4S/c9-3-6-7(12-8(10)13-6)5-1-2-11-4-5/h1-2,4,11H,(H2,10,12). The average molecular weight is 190 g/mol. The first kappa shape index (κ1) is 7.83. The maximum absolute atomic E-state index is 8.79. The molecule has 0 bridgehead atoms. The highest BCUT2D eigenvalue weighted by Crippen LogP contribution is 2.28. The molecule has 0 fully saturated rings. The number of nitriles is 1. The van der Waals surface area contributed by atoms with Gasteiger partial charge in [-0.3, -0.25) is 0 Å². The number of aromatic amines is 1. The Kier molecular flexibility index (Phi) is 1.76. The molecule has 0 aliphatic rings. The topological polar surface area (TPSA) is 78.5 Å². The van der Waals surface area contributed by atoms with Crippen molar-refractivity contribution in [2.24, 2.45) is 0 Å². The minimum Gasteiger partial charge on any atom is -0.375 e. The van der Waals surface area contributed by atoms with E-state index in [0.717, 1.165) is 5.56 Å². The number of nitrogens with one attached hydrogen (secondary N) is 1. The zero-order chi connectivity index (χ0) is 9.26. The molecule has 5 heteroatoms. The van der Waals surface area contributed by atoms with E-state index in [0.29, 0.717) is 15.7 Å². The SMILES string of the molecule is N#Cc1sc(N)nc1-c1cc[nH]c1. The van der Waals surface area contributed by atoms with Gasteiger partial charge in [-0.25, -0.2) is 4.98 Å². The molecule has 2 aromatic rings. The van der Waals surface area contributed by atoms with Crippen LogP contribution in [0.15, 0.2) is 18.5 Å². The van der Waals surface area contributed by atoms with Crippen LogP contribution in [0.25, 0.3) is 11.3 Å². The number of nitrogen functional groups attached to an aromatic ring is 1. The summed E-state index contributed by atoms with van der Waals surface area (Å²) < 4.78 is 0. The van der Waals surface area contributed by atoms with Crippen LogP contribution in [-0.4, -0.2) is 9.97 Å². The molecule has 0 spiro atoms. The number of H-pyrrole nitrogens is 1. The molecule has 2 heterocycles. The Labute approximate surface area is 78.7 Å². The lowest BCUT2D eigenvalue weighted by Gasteiger charge is -1.88. The summed E-state index contributed by atoms with van der Waals surface area (Å²) in [6.45, 7) is 0. The van der Waals surface area contributed by atoms with Crippen LogP contribution >= 0.6 is 11.3 Å². The summed E-state index contributed by atoms with van der Waals surface area (Å²) in [5, 5.41) is 9.21. The summed E-state index contributed by atoms with van der Waals surface area (Å²) >= 11 is 1.20. The summed E-state index contributed by atoms with van der Waals surface area (Å²) in [6.07, 6.45) is 3.57. The number of rotatable bonds is 1. The predicted octanol–water partition coefficient (Wildman–Crippen LogP) is 1.59.